The highest BCUT2D eigenvalue weighted by atomic mass is 32.2. The number of rotatable bonds is 5. The Hall–Kier alpha value is -3.63. The molecule has 0 saturated carbocycles. The number of ether oxygens (including phenoxy) is 2. The molecule has 0 amide bonds. The highest BCUT2D eigenvalue weighted by Crippen LogP contribution is 2.36. The Morgan fingerprint density at radius 2 is 1.94 bits per heavy atom. The first kappa shape index (κ1) is 20.0. The number of fused-ring (bicyclic) bond motifs is 2. The minimum atomic E-state index is -0.181. The molecule has 0 unspecified atom stereocenters. The molecule has 2 aromatic carbocycles. The molecule has 33 heavy (non-hydrogen) atoms. The largest absolute Gasteiger partial charge is 0.454 e. The Kier molecular flexibility index (Phi) is 4.88. The van der Waals surface area contributed by atoms with Gasteiger partial charge < -0.3 is 14.0 Å². The van der Waals surface area contributed by atoms with E-state index in [1.54, 1.807) is 28.0 Å². The van der Waals surface area contributed by atoms with Crippen molar-refractivity contribution in [2.24, 2.45) is 0 Å². The summed E-state index contributed by atoms with van der Waals surface area (Å²) in [7, 11) is 0. The summed E-state index contributed by atoms with van der Waals surface area (Å²) in [6.07, 6.45) is 0. The molecule has 0 fully saturated rings. The molecule has 0 spiro atoms. The normalized spacial score (nSPS) is 12.5. The number of aryl methyl sites for hydroxylation is 1. The van der Waals surface area contributed by atoms with E-state index in [2.05, 4.69) is 10.1 Å². The fourth-order valence-corrected chi connectivity index (χ4v) is 5.12. The Bertz CT molecular complexity index is 1540. The smallest absolute Gasteiger partial charge is 0.266 e. The van der Waals surface area contributed by atoms with Crippen LogP contribution < -0.4 is 15.0 Å². The third kappa shape index (κ3) is 3.57. The van der Waals surface area contributed by atoms with Crippen molar-refractivity contribution in [1.29, 1.82) is 0 Å². The molecule has 1 aliphatic rings. The molecule has 6 rings (SSSR count). The third-order valence-electron chi connectivity index (χ3n) is 5.22. The molecule has 0 saturated heterocycles. The molecule has 3 aromatic heterocycles. The van der Waals surface area contributed by atoms with Gasteiger partial charge in [-0.2, -0.15) is 4.98 Å². The molecule has 0 N–H and O–H groups in total. The number of benzene rings is 2. The van der Waals surface area contributed by atoms with E-state index < -0.39 is 0 Å². The second-order valence-electron chi connectivity index (χ2n) is 7.32. The number of thiophene rings is 1. The van der Waals surface area contributed by atoms with Gasteiger partial charge in [0.15, 0.2) is 16.7 Å². The Balaban J connectivity index is 1.44. The average Bonchev–Trinajstić information content (AvgIpc) is 3.59. The van der Waals surface area contributed by atoms with Gasteiger partial charge >= 0.3 is 0 Å². The minimum Gasteiger partial charge on any atom is -0.454 e. The standard InChI is InChI=1S/C23H16N4O4S2/c1-13-5-2-3-6-16(13)27-22(28)14-9-17-18(30-12-29-17)10-15(14)24-23(27)33-11-20-25-21(26-31-20)19-7-4-8-32-19/h2-10H,11-12H2,1H3. The van der Waals surface area contributed by atoms with Crippen molar-refractivity contribution in [3.63, 3.8) is 0 Å². The van der Waals surface area contributed by atoms with Crippen molar-refractivity contribution in [3.8, 4) is 27.9 Å². The van der Waals surface area contributed by atoms with E-state index in [0.717, 1.165) is 16.1 Å². The van der Waals surface area contributed by atoms with Gasteiger partial charge in [-0.15, -0.1) is 11.3 Å². The van der Waals surface area contributed by atoms with Crippen molar-refractivity contribution in [2.45, 2.75) is 17.8 Å². The predicted octanol–water partition coefficient (Wildman–Crippen LogP) is 4.83. The van der Waals surface area contributed by atoms with Gasteiger partial charge in [0, 0.05) is 6.07 Å². The first-order valence-corrected chi connectivity index (χ1v) is 12.0. The summed E-state index contributed by atoms with van der Waals surface area (Å²) in [5.74, 6) is 2.50. The van der Waals surface area contributed by atoms with Gasteiger partial charge in [0.25, 0.3) is 5.56 Å². The summed E-state index contributed by atoms with van der Waals surface area (Å²) in [5, 5.41) is 7.02. The SMILES string of the molecule is Cc1ccccc1-n1c(SCc2nc(-c3cccs3)no2)nc2cc3c(cc2c1=O)OCO3. The maximum Gasteiger partial charge on any atom is 0.266 e. The van der Waals surface area contributed by atoms with Crippen LogP contribution in [-0.4, -0.2) is 26.5 Å². The van der Waals surface area contributed by atoms with Gasteiger partial charge in [0.1, 0.15) is 0 Å². The first-order chi connectivity index (χ1) is 16.2. The molecule has 0 bridgehead atoms. The molecule has 4 heterocycles. The number of hydrogen-bond acceptors (Lipinski definition) is 9. The highest BCUT2D eigenvalue weighted by molar-refractivity contribution is 7.98. The van der Waals surface area contributed by atoms with Crippen LogP contribution in [0.1, 0.15) is 11.5 Å². The van der Waals surface area contributed by atoms with E-state index in [0.29, 0.717) is 45.0 Å². The molecule has 0 aliphatic carbocycles. The monoisotopic (exact) mass is 476 g/mol. The van der Waals surface area contributed by atoms with Gasteiger partial charge in [-0.1, -0.05) is 41.2 Å². The van der Waals surface area contributed by atoms with E-state index in [4.69, 9.17) is 19.0 Å². The second kappa shape index (κ2) is 8.05. The molecular formula is C23H16N4O4S2. The molecule has 0 atom stereocenters. The molecule has 1 aliphatic heterocycles. The van der Waals surface area contributed by atoms with Crippen LogP contribution in [0.4, 0.5) is 0 Å². The van der Waals surface area contributed by atoms with Crippen molar-refractivity contribution >= 4 is 34.0 Å². The van der Waals surface area contributed by atoms with Gasteiger partial charge in [-0.05, 0) is 36.1 Å². The summed E-state index contributed by atoms with van der Waals surface area (Å²) in [6.45, 7) is 2.09. The van der Waals surface area contributed by atoms with Crippen LogP contribution in [0.15, 0.2) is 68.4 Å². The van der Waals surface area contributed by atoms with E-state index in [-0.39, 0.29) is 12.4 Å². The summed E-state index contributed by atoms with van der Waals surface area (Å²) in [4.78, 5) is 23.9. The number of nitrogens with zero attached hydrogens (tertiary/aromatic N) is 4. The Labute approximate surface area is 195 Å². The quantitative estimate of drug-likeness (QED) is 0.263. The maximum atomic E-state index is 13.6. The second-order valence-corrected chi connectivity index (χ2v) is 9.21. The summed E-state index contributed by atoms with van der Waals surface area (Å²) in [5.41, 5.74) is 2.09. The van der Waals surface area contributed by atoms with E-state index in [9.17, 15) is 4.79 Å². The summed E-state index contributed by atoms with van der Waals surface area (Å²) >= 11 is 2.91. The van der Waals surface area contributed by atoms with Gasteiger partial charge in [-0.25, -0.2) is 4.98 Å². The lowest BCUT2D eigenvalue weighted by atomic mass is 10.2. The van der Waals surface area contributed by atoms with Gasteiger partial charge in [-0.3, -0.25) is 9.36 Å². The fraction of sp³-hybridized carbons (Fsp3) is 0.130. The van der Waals surface area contributed by atoms with E-state index >= 15 is 0 Å². The van der Waals surface area contributed by atoms with Crippen LogP contribution in [0.25, 0.3) is 27.3 Å². The number of hydrogen-bond donors (Lipinski definition) is 0. The van der Waals surface area contributed by atoms with Crippen LogP contribution in [0.3, 0.4) is 0 Å². The van der Waals surface area contributed by atoms with Crippen LogP contribution in [0.2, 0.25) is 0 Å². The zero-order valence-electron chi connectivity index (χ0n) is 17.3. The third-order valence-corrected chi connectivity index (χ3v) is 7.01. The fourth-order valence-electron chi connectivity index (χ4n) is 3.62. The van der Waals surface area contributed by atoms with Gasteiger partial charge in [0.2, 0.25) is 18.5 Å². The topological polar surface area (TPSA) is 92.3 Å². The van der Waals surface area contributed by atoms with Crippen LogP contribution in [0.5, 0.6) is 11.5 Å². The van der Waals surface area contributed by atoms with Crippen molar-refractivity contribution < 1.29 is 14.0 Å². The highest BCUT2D eigenvalue weighted by Gasteiger charge is 2.21. The number of thioether (sulfide) groups is 1. The average molecular weight is 477 g/mol. The van der Waals surface area contributed by atoms with Crippen molar-refractivity contribution in [2.75, 3.05) is 6.79 Å². The maximum absolute atomic E-state index is 13.6. The molecule has 0 radical (unpaired) electrons. The lowest BCUT2D eigenvalue weighted by Gasteiger charge is -2.15. The number of para-hydroxylation sites is 1. The number of aromatic nitrogens is 4. The van der Waals surface area contributed by atoms with Gasteiger partial charge in [0.05, 0.1) is 27.2 Å². The predicted molar refractivity (Wildman–Crippen MR) is 125 cm³/mol. The van der Waals surface area contributed by atoms with E-state index in [1.807, 2.05) is 48.7 Å². The van der Waals surface area contributed by atoms with Crippen LogP contribution in [-0.2, 0) is 5.75 Å². The lowest BCUT2D eigenvalue weighted by Crippen LogP contribution is -2.22. The zero-order chi connectivity index (χ0) is 22.4. The molecule has 10 heteroatoms. The zero-order valence-corrected chi connectivity index (χ0v) is 19.0. The Morgan fingerprint density at radius 3 is 2.76 bits per heavy atom. The molecule has 5 aromatic rings. The van der Waals surface area contributed by atoms with Crippen molar-refractivity contribution in [3.05, 3.63) is 75.7 Å². The van der Waals surface area contributed by atoms with Crippen LogP contribution >= 0.6 is 23.1 Å². The molecule has 8 nitrogen and oxygen atoms in total. The minimum absolute atomic E-state index is 0.128. The van der Waals surface area contributed by atoms with Crippen molar-refractivity contribution in [1.82, 2.24) is 19.7 Å². The molecular weight excluding hydrogens is 460 g/mol. The van der Waals surface area contributed by atoms with Crippen LogP contribution in [0, 0.1) is 6.92 Å². The summed E-state index contributed by atoms with van der Waals surface area (Å²) < 4.78 is 18.0. The van der Waals surface area contributed by atoms with E-state index in [1.165, 1.54) is 11.8 Å². The lowest BCUT2D eigenvalue weighted by molar-refractivity contribution is 0.174. The summed E-state index contributed by atoms with van der Waals surface area (Å²) in [6, 6.07) is 15.0. The first-order valence-electron chi connectivity index (χ1n) is 10.1. The Morgan fingerprint density at radius 1 is 1.09 bits per heavy atom. The molecule has 164 valence electrons.